The number of hydrogen-bond acceptors (Lipinski definition) is 3. The summed E-state index contributed by atoms with van der Waals surface area (Å²) in [4.78, 5) is 28.3. The Morgan fingerprint density at radius 3 is 2.48 bits per heavy atom. The number of carbonyl (C=O) groups is 2. The van der Waals surface area contributed by atoms with Crippen LogP contribution in [-0.4, -0.2) is 34.6 Å². The van der Waals surface area contributed by atoms with Crippen molar-refractivity contribution in [2.45, 2.75) is 69.8 Å². The first kappa shape index (κ1) is 25.9. The Kier molecular flexibility index (Phi) is 10.4. The van der Waals surface area contributed by atoms with Gasteiger partial charge in [-0.05, 0) is 42.5 Å². The Balaban J connectivity index is 1.73. The Morgan fingerprint density at radius 2 is 1.82 bits per heavy atom. The molecule has 1 aliphatic rings. The summed E-state index contributed by atoms with van der Waals surface area (Å²) >= 11 is 14.0. The fourth-order valence-electron chi connectivity index (χ4n) is 4.21. The number of halogens is 2. The predicted octanol–water partition coefficient (Wildman–Crippen LogP) is 6.48. The molecule has 2 amide bonds. The molecule has 1 fully saturated rings. The van der Waals surface area contributed by atoms with Crippen LogP contribution in [0.3, 0.4) is 0 Å². The van der Waals surface area contributed by atoms with E-state index < -0.39 is 6.04 Å². The third-order valence-corrected chi connectivity index (χ3v) is 7.61. The maximum absolute atomic E-state index is 13.4. The lowest BCUT2D eigenvalue weighted by Crippen LogP contribution is -2.52. The molecule has 2 aromatic carbocycles. The number of thioether (sulfide) groups is 1. The molecule has 4 nitrogen and oxygen atoms in total. The van der Waals surface area contributed by atoms with Crippen LogP contribution in [-0.2, 0) is 21.9 Å². The van der Waals surface area contributed by atoms with Gasteiger partial charge in [-0.2, -0.15) is 0 Å². The van der Waals surface area contributed by atoms with Crippen molar-refractivity contribution in [2.24, 2.45) is 0 Å². The molecule has 1 unspecified atom stereocenters. The van der Waals surface area contributed by atoms with Gasteiger partial charge in [-0.1, -0.05) is 85.8 Å². The maximum Gasteiger partial charge on any atom is 0.243 e. The van der Waals surface area contributed by atoms with Crippen LogP contribution in [0.5, 0.6) is 0 Å². The summed E-state index contributed by atoms with van der Waals surface area (Å²) in [5.74, 6) is 0.906. The summed E-state index contributed by atoms with van der Waals surface area (Å²) in [7, 11) is 0. The first-order valence-electron chi connectivity index (χ1n) is 11.6. The van der Waals surface area contributed by atoms with Crippen LogP contribution in [0, 0.1) is 0 Å². The zero-order valence-electron chi connectivity index (χ0n) is 19.1. The van der Waals surface area contributed by atoms with Crippen molar-refractivity contribution in [1.82, 2.24) is 10.2 Å². The van der Waals surface area contributed by atoms with E-state index in [-0.39, 0.29) is 24.4 Å². The number of amides is 2. The molecule has 178 valence electrons. The largest absolute Gasteiger partial charge is 0.352 e. The minimum absolute atomic E-state index is 0.0624. The molecule has 3 rings (SSSR count). The van der Waals surface area contributed by atoms with E-state index in [2.05, 4.69) is 17.4 Å². The van der Waals surface area contributed by atoms with Crippen LogP contribution in [0.15, 0.2) is 48.5 Å². The minimum atomic E-state index is -0.538. The molecule has 1 aliphatic carbocycles. The summed E-state index contributed by atoms with van der Waals surface area (Å²) < 4.78 is 0. The first-order valence-corrected chi connectivity index (χ1v) is 13.5. The van der Waals surface area contributed by atoms with Crippen LogP contribution < -0.4 is 5.32 Å². The summed E-state index contributed by atoms with van der Waals surface area (Å²) in [6.07, 6.45) is 6.06. The quantitative estimate of drug-likeness (QED) is 0.400. The average molecular weight is 508 g/mol. The van der Waals surface area contributed by atoms with Gasteiger partial charge in [0.05, 0.1) is 5.75 Å². The Bertz CT molecular complexity index is 920. The van der Waals surface area contributed by atoms with Crippen LogP contribution in [0.4, 0.5) is 0 Å². The normalized spacial score (nSPS) is 15.1. The van der Waals surface area contributed by atoms with E-state index in [0.29, 0.717) is 22.2 Å². The zero-order chi connectivity index (χ0) is 23.6. The third-order valence-electron chi connectivity index (χ3n) is 6.03. The second kappa shape index (κ2) is 13.3. The number of carbonyl (C=O) groups excluding carboxylic acids is 2. The van der Waals surface area contributed by atoms with E-state index in [9.17, 15) is 9.59 Å². The van der Waals surface area contributed by atoms with Gasteiger partial charge in [-0.15, -0.1) is 11.8 Å². The lowest BCUT2D eigenvalue weighted by atomic mass is 9.95. The molecule has 1 atom stereocenters. The Morgan fingerprint density at radius 1 is 1.09 bits per heavy atom. The van der Waals surface area contributed by atoms with E-state index in [0.717, 1.165) is 37.0 Å². The van der Waals surface area contributed by atoms with Crippen LogP contribution >= 0.6 is 35.0 Å². The van der Waals surface area contributed by atoms with Gasteiger partial charge in [0.25, 0.3) is 0 Å². The second-order valence-electron chi connectivity index (χ2n) is 8.50. The predicted molar refractivity (Wildman–Crippen MR) is 139 cm³/mol. The first-order chi connectivity index (χ1) is 16.0. The van der Waals surface area contributed by atoms with E-state index in [1.807, 2.05) is 31.2 Å². The maximum atomic E-state index is 13.4. The molecule has 0 radical (unpaired) electrons. The van der Waals surface area contributed by atoms with Crippen molar-refractivity contribution in [1.29, 1.82) is 0 Å². The summed E-state index contributed by atoms with van der Waals surface area (Å²) in [6.45, 7) is 2.23. The van der Waals surface area contributed by atoms with Crippen molar-refractivity contribution >= 4 is 46.8 Å². The highest BCUT2D eigenvalue weighted by molar-refractivity contribution is 7.99. The molecule has 0 aliphatic heterocycles. The zero-order valence-corrected chi connectivity index (χ0v) is 21.4. The van der Waals surface area contributed by atoms with E-state index in [1.165, 1.54) is 12.0 Å². The smallest absolute Gasteiger partial charge is 0.243 e. The van der Waals surface area contributed by atoms with Crippen LogP contribution in [0.25, 0.3) is 0 Å². The molecule has 33 heavy (non-hydrogen) atoms. The lowest BCUT2D eigenvalue weighted by Gasteiger charge is -2.33. The standard InChI is InChI=1S/C26H32Cl2N2O2S/c1-2-24(26(32)29-22-11-7-4-8-12-22)30(16-20-13-14-21(27)15-23(20)28)25(31)18-33-17-19-9-5-3-6-10-19/h3,5-6,9-10,13-15,22,24H,2,4,7-8,11-12,16-18H2,1H3,(H,29,32). The van der Waals surface area contributed by atoms with Crippen molar-refractivity contribution < 1.29 is 9.59 Å². The highest BCUT2D eigenvalue weighted by Crippen LogP contribution is 2.25. The molecule has 0 saturated heterocycles. The van der Waals surface area contributed by atoms with Gasteiger partial charge in [0.15, 0.2) is 0 Å². The molecule has 1 N–H and O–H groups in total. The van der Waals surface area contributed by atoms with Gasteiger partial charge in [0.2, 0.25) is 11.8 Å². The SMILES string of the molecule is CCC(C(=O)NC1CCCCC1)N(Cc1ccc(Cl)cc1Cl)C(=O)CSCc1ccccc1. The summed E-state index contributed by atoms with van der Waals surface area (Å²) in [5, 5.41) is 4.25. The van der Waals surface area contributed by atoms with E-state index in [4.69, 9.17) is 23.2 Å². The van der Waals surface area contributed by atoms with Crippen molar-refractivity contribution in [3.63, 3.8) is 0 Å². The summed E-state index contributed by atoms with van der Waals surface area (Å²) in [5.41, 5.74) is 1.95. The number of nitrogens with zero attached hydrogens (tertiary/aromatic N) is 1. The van der Waals surface area contributed by atoms with Gasteiger partial charge >= 0.3 is 0 Å². The molecular weight excluding hydrogens is 475 g/mol. The molecular formula is C26H32Cl2N2O2S. The molecule has 2 aromatic rings. The van der Waals surface area contributed by atoms with Gasteiger partial charge in [0, 0.05) is 28.4 Å². The summed E-state index contributed by atoms with van der Waals surface area (Å²) in [6, 6.07) is 15.0. The van der Waals surface area contributed by atoms with Crippen molar-refractivity contribution in [3.05, 3.63) is 69.7 Å². The average Bonchev–Trinajstić information content (AvgIpc) is 2.81. The van der Waals surface area contributed by atoms with Gasteiger partial charge in [-0.25, -0.2) is 0 Å². The molecule has 0 spiro atoms. The van der Waals surface area contributed by atoms with Gasteiger partial charge < -0.3 is 10.2 Å². The highest BCUT2D eigenvalue weighted by atomic mass is 35.5. The third kappa shape index (κ3) is 7.94. The second-order valence-corrected chi connectivity index (χ2v) is 10.3. The molecule has 7 heteroatoms. The van der Waals surface area contributed by atoms with E-state index >= 15 is 0 Å². The highest BCUT2D eigenvalue weighted by Gasteiger charge is 2.30. The van der Waals surface area contributed by atoms with Gasteiger partial charge in [0.1, 0.15) is 6.04 Å². The Hall–Kier alpha value is -1.69. The lowest BCUT2D eigenvalue weighted by molar-refractivity contribution is -0.139. The number of rotatable bonds is 10. The number of hydrogen-bond donors (Lipinski definition) is 1. The molecule has 0 heterocycles. The number of benzene rings is 2. The molecule has 1 saturated carbocycles. The van der Waals surface area contributed by atoms with E-state index in [1.54, 1.807) is 28.8 Å². The topological polar surface area (TPSA) is 49.4 Å². The fraction of sp³-hybridized carbons (Fsp3) is 0.462. The fourth-order valence-corrected chi connectivity index (χ4v) is 5.55. The Labute approximate surface area is 211 Å². The van der Waals surface area contributed by atoms with Crippen molar-refractivity contribution in [3.8, 4) is 0 Å². The van der Waals surface area contributed by atoms with Crippen LogP contribution in [0.2, 0.25) is 10.0 Å². The molecule has 0 aromatic heterocycles. The van der Waals surface area contributed by atoms with Gasteiger partial charge in [-0.3, -0.25) is 9.59 Å². The molecule has 0 bridgehead atoms. The van der Waals surface area contributed by atoms with Crippen molar-refractivity contribution in [2.75, 3.05) is 5.75 Å². The van der Waals surface area contributed by atoms with Crippen LogP contribution in [0.1, 0.15) is 56.6 Å². The number of nitrogens with one attached hydrogen (secondary N) is 1. The minimum Gasteiger partial charge on any atom is -0.352 e. The monoisotopic (exact) mass is 506 g/mol.